The van der Waals surface area contributed by atoms with Crippen molar-refractivity contribution in [2.24, 2.45) is 0 Å². The fraction of sp³-hybridized carbons (Fsp3) is 1.00. The van der Waals surface area contributed by atoms with Crippen LogP contribution in [0.5, 0.6) is 0 Å². The Hall–Kier alpha value is 0.150. The van der Waals surface area contributed by atoms with Crippen LogP contribution < -0.4 is 0 Å². The van der Waals surface area contributed by atoms with E-state index in [4.69, 9.17) is 0 Å². The lowest BCUT2D eigenvalue weighted by Crippen LogP contribution is -2.19. The van der Waals surface area contributed by atoms with Gasteiger partial charge in [-0.25, -0.2) is 0 Å². The maximum atomic E-state index is 11.6. The van der Waals surface area contributed by atoms with Crippen LogP contribution in [0.25, 0.3) is 0 Å². The number of hydrogen-bond acceptors (Lipinski definition) is 3. The van der Waals surface area contributed by atoms with Crippen molar-refractivity contribution < 1.29 is 35.4 Å². The van der Waals surface area contributed by atoms with Crippen molar-refractivity contribution in [1.82, 2.24) is 0 Å². The second kappa shape index (κ2) is 4.99. The van der Waals surface area contributed by atoms with E-state index in [-0.39, 0.29) is 0 Å². The zero-order chi connectivity index (χ0) is 12.3. The Morgan fingerprint density at radius 1 is 0.933 bits per heavy atom. The third-order valence-corrected chi connectivity index (χ3v) is 2.75. The predicted octanol–water partition coefficient (Wildman–Crippen LogP) is 3.08. The molecule has 92 valence electrons. The van der Waals surface area contributed by atoms with E-state index in [9.17, 15) is 26.3 Å². The SMILES string of the molecule is CP(=S)(OCC(F)(F)F)OCC(F)(F)F. The predicted molar refractivity (Wildman–Crippen MR) is 44.2 cm³/mol. The van der Waals surface area contributed by atoms with Gasteiger partial charge in [0.05, 0.1) is 0 Å². The van der Waals surface area contributed by atoms with Gasteiger partial charge in [-0.1, -0.05) is 0 Å². The largest absolute Gasteiger partial charge is 0.412 e. The summed E-state index contributed by atoms with van der Waals surface area (Å²) in [6.07, 6.45) is -9.27. The average Bonchev–Trinajstić information content (AvgIpc) is 1.96. The first-order valence-electron chi connectivity index (χ1n) is 3.41. The summed E-state index contributed by atoms with van der Waals surface area (Å²) in [5, 5.41) is 0. The molecule has 0 aliphatic heterocycles. The molecule has 2 nitrogen and oxygen atoms in total. The molecule has 0 saturated carbocycles. The maximum Gasteiger partial charge on any atom is 0.412 e. The van der Waals surface area contributed by atoms with Gasteiger partial charge in [0, 0.05) is 6.66 Å². The first-order chi connectivity index (χ1) is 6.41. The van der Waals surface area contributed by atoms with Gasteiger partial charge >= 0.3 is 12.4 Å². The van der Waals surface area contributed by atoms with E-state index < -0.39 is 32.1 Å². The van der Waals surface area contributed by atoms with Crippen molar-refractivity contribution in [3.05, 3.63) is 0 Å². The summed E-state index contributed by atoms with van der Waals surface area (Å²) in [7, 11) is 0. The third kappa shape index (κ3) is 10.4. The van der Waals surface area contributed by atoms with E-state index >= 15 is 0 Å². The topological polar surface area (TPSA) is 18.5 Å². The summed E-state index contributed by atoms with van der Waals surface area (Å²) in [4.78, 5) is 0. The molecule has 0 aromatic rings. The van der Waals surface area contributed by atoms with Crippen molar-refractivity contribution in [3.63, 3.8) is 0 Å². The highest BCUT2D eigenvalue weighted by Crippen LogP contribution is 2.46. The first kappa shape index (κ1) is 15.2. The molecule has 0 fully saturated rings. The fourth-order valence-corrected chi connectivity index (χ4v) is 1.57. The maximum absolute atomic E-state index is 11.6. The molecule has 15 heavy (non-hydrogen) atoms. The number of alkyl halides is 6. The normalized spacial score (nSPS) is 14.3. The van der Waals surface area contributed by atoms with Gasteiger partial charge in [0.2, 0.25) is 0 Å². The van der Waals surface area contributed by atoms with Crippen LogP contribution in [0.2, 0.25) is 0 Å². The molecule has 0 spiro atoms. The van der Waals surface area contributed by atoms with Crippen LogP contribution in [0.4, 0.5) is 26.3 Å². The minimum Gasteiger partial charge on any atom is -0.320 e. The number of rotatable bonds is 4. The van der Waals surface area contributed by atoms with Gasteiger partial charge in [-0.05, 0) is 11.8 Å². The van der Waals surface area contributed by atoms with E-state index in [1.54, 1.807) is 0 Å². The number of hydrogen-bond donors (Lipinski definition) is 0. The molecule has 0 aliphatic rings. The molecule has 0 N–H and O–H groups in total. The lowest BCUT2D eigenvalue weighted by molar-refractivity contribution is -0.162. The Morgan fingerprint density at radius 3 is 1.40 bits per heavy atom. The molecule has 0 aliphatic carbocycles. The summed E-state index contributed by atoms with van der Waals surface area (Å²) < 4.78 is 77.9. The lowest BCUT2D eigenvalue weighted by Gasteiger charge is -2.19. The molecular formula is C5H7F6O2PS. The van der Waals surface area contributed by atoms with E-state index in [1.807, 2.05) is 0 Å². The monoisotopic (exact) mass is 276 g/mol. The van der Waals surface area contributed by atoms with Crippen LogP contribution in [-0.2, 0) is 20.9 Å². The van der Waals surface area contributed by atoms with Crippen molar-refractivity contribution in [1.29, 1.82) is 0 Å². The quantitative estimate of drug-likeness (QED) is 0.580. The van der Waals surface area contributed by atoms with Crippen LogP contribution in [0.1, 0.15) is 0 Å². The highest BCUT2D eigenvalue weighted by atomic mass is 32.5. The van der Waals surface area contributed by atoms with Gasteiger partial charge < -0.3 is 9.05 Å². The van der Waals surface area contributed by atoms with Gasteiger partial charge in [-0.15, -0.1) is 0 Å². The second-order valence-corrected chi connectivity index (χ2v) is 6.60. The average molecular weight is 276 g/mol. The van der Waals surface area contributed by atoms with Crippen molar-refractivity contribution in [2.75, 3.05) is 19.9 Å². The zero-order valence-electron chi connectivity index (χ0n) is 7.35. The summed E-state index contributed by atoms with van der Waals surface area (Å²) in [6, 6.07) is 0. The first-order valence-corrected chi connectivity index (χ1v) is 6.50. The lowest BCUT2D eigenvalue weighted by atomic mass is 10.7. The summed E-state index contributed by atoms with van der Waals surface area (Å²) >= 11 is 4.35. The standard InChI is InChI=1S/C5H7F6O2PS/c1-14(15,12-2-4(6,7)8)13-3-5(9,10)11/h2-3H2,1H3. The van der Waals surface area contributed by atoms with E-state index in [0.29, 0.717) is 0 Å². The Balaban J connectivity index is 4.04. The van der Waals surface area contributed by atoms with Gasteiger partial charge in [0.1, 0.15) is 13.2 Å². The van der Waals surface area contributed by atoms with Crippen LogP contribution in [0.15, 0.2) is 0 Å². The van der Waals surface area contributed by atoms with E-state index in [2.05, 4.69) is 20.9 Å². The Labute approximate surface area is 86.7 Å². The summed E-state index contributed by atoms with van der Waals surface area (Å²) in [5.74, 6) is 0. The molecule has 0 unspecified atom stereocenters. The van der Waals surface area contributed by atoms with Gasteiger partial charge in [-0.2, -0.15) is 26.3 Å². The highest BCUT2D eigenvalue weighted by Gasteiger charge is 2.33. The molecule has 0 atom stereocenters. The third-order valence-electron chi connectivity index (χ3n) is 0.925. The molecule has 0 rings (SSSR count). The molecule has 0 bridgehead atoms. The molecule has 10 heteroatoms. The Kier molecular flexibility index (Phi) is 5.04. The molecule has 0 heterocycles. The van der Waals surface area contributed by atoms with Gasteiger partial charge in [-0.3, -0.25) is 0 Å². The minimum atomic E-state index is -4.64. The van der Waals surface area contributed by atoms with Crippen molar-refractivity contribution in [3.8, 4) is 0 Å². The zero-order valence-corrected chi connectivity index (χ0v) is 9.06. The van der Waals surface area contributed by atoms with E-state index in [0.717, 1.165) is 6.66 Å². The smallest absolute Gasteiger partial charge is 0.320 e. The molecule has 0 aromatic carbocycles. The van der Waals surface area contributed by atoms with Crippen LogP contribution in [-0.4, -0.2) is 32.2 Å². The van der Waals surface area contributed by atoms with E-state index in [1.165, 1.54) is 0 Å². The fourth-order valence-electron chi connectivity index (χ4n) is 0.418. The minimum absolute atomic E-state index is 0.903. The Bertz CT molecular complexity index is 227. The molecular weight excluding hydrogens is 269 g/mol. The molecule has 0 amide bonds. The molecule has 0 saturated heterocycles. The van der Waals surface area contributed by atoms with Crippen LogP contribution in [0, 0.1) is 0 Å². The van der Waals surface area contributed by atoms with Crippen molar-refractivity contribution in [2.45, 2.75) is 12.4 Å². The van der Waals surface area contributed by atoms with Crippen LogP contribution >= 0.6 is 6.49 Å². The Morgan fingerprint density at radius 2 is 1.20 bits per heavy atom. The van der Waals surface area contributed by atoms with Gasteiger partial charge in [0.25, 0.3) is 0 Å². The molecule has 0 radical (unpaired) electrons. The van der Waals surface area contributed by atoms with Crippen molar-refractivity contribution >= 4 is 18.3 Å². The van der Waals surface area contributed by atoms with Crippen LogP contribution in [0.3, 0.4) is 0 Å². The number of halogens is 6. The highest BCUT2D eigenvalue weighted by molar-refractivity contribution is 8.09. The summed E-state index contributed by atoms with van der Waals surface area (Å²) in [6.45, 7) is -6.01. The molecule has 0 aromatic heterocycles. The van der Waals surface area contributed by atoms with Gasteiger partial charge in [0.15, 0.2) is 6.49 Å². The second-order valence-electron chi connectivity index (χ2n) is 2.55. The summed E-state index contributed by atoms with van der Waals surface area (Å²) in [5.41, 5.74) is 0.